The van der Waals surface area contributed by atoms with Crippen molar-refractivity contribution in [2.24, 2.45) is 0 Å². The average Bonchev–Trinajstić information content (AvgIpc) is 2.64. The number of hydrogen-bond acceptors (Lipinski definition) is 8. The Kier molecular flexibility index (Phi) is 16.1. The zero-order valence-electron chi connectivity index (χ0n) is 14.2. The summed E-state index contributed by atoms with van der Waals surface area (Å²) < 4.78 is 20.7. The van der Waals surface area contributed by atoms with E-state index >= 15 is 0 Å². The van der Waals surface area contributed by atoms with Gasteiger partial charge < -0.3 is 68.6 Å². The number of benzene rings is 2. The quantitative estimate of drug-likeness (QED) is 0.242. The minimum Gasteiger partial charge on any atom is -0.510 e. The normalized spacial score (nSPS) is 8.89. The summed E-state index contributed by atoms with van der Waals surface area (Å²) in [6.45, 7) is 1.72. The minimum atomic E-state index is 0. The predicted octanol–water partition coefficient (Wildman–Crippen LogP) is 3.83. The molecular formula is C18H18NiO4S4. The SMILES string of the molecule is S=C([S-])OCCOc1ccccc1.S=C([S-])OCCOc1ccccc1.[Ni+2]. The van der Waals surface area contributed by atoms with Crippen LogP contribution in [0.15, 0.2) is 60.7 Å². The smallest absolute Gasteiger partial charge is 0.510 e. The molecule has 0 heterocycles. The molecule has 0 spiro atoms. The standard InChI is InChI=1S/2C9H10O2S2.Ni/c2*12-9(13)11-7-6-10-8-4-2-1-3-5-8;/h2*1-5H,6-7H2,(H,12,13);/q;;+2/p-2. The Morgan fingerprint density at radius 1 is 0.630 bits per heavy atom. The molecule has 2 aromatic carbocycles. The molecular weight excluding hydrogens is 467 g/mol. The molecule has 0 aromatic heterocycles. The van der Waals surface area contributed by atoms with Crippen LogP contribution in [0.2, 0.25) is 0 Å². The van der Waals surface area contributed by atoms with Crippen LogP contribution in [0.5, 0.6) is 11.5 Å². The van der Waals surface area contributed by atoms with Gasteiger partial charge in [0.15, 0.2) is 0 Å². The molecule has 0 aliphatic carbocycles. The van der Waals surface area contributed by atoms with Crippen LogP contribution in [0.1, 0.15) is 0 Å². The largest absolute Gasteiger partial charge is 2.00 e. The second-order valence-corrected chi connectivity index (χ2v) is 6.52. The molecule has 0 unspecified atom stereocenters. The maximum absolute atomic E-state index is 5.33. The third-order valence-electron chi connectivity index (χ3n) is 2.63. The molecule has 2 aromatic rings. The van der Waals surface area contributed by atoms with Crippen LogP contribution < -0.4 is 9.47 Å². The summed E-state index contributed by atoms with van der Waals surface area (Å²) in [5, 5.41) is 0. The summed E-state index contributed by atoms with van der Waals surface area (Å²) in [4.78, 5) is 0. The summed E-state index contributed by atoms with van der Waals surface area (Å²) in [7, 11) is 0. The second kappa shape index (κ2) is 16.9. The third-order valence-corrected chi connectivity index (χ3v) is 3.10. The van der Waals surface area contributed by atoms with E-state index in [4.69, 9.17) is 18.9 Å². The number of para-hydroxylation sites is 2. The van der Waals surface area contributed by atoms with Crippen LogP contribution in [-0.4, -0.2) is 35.2 Å². The first-order valence-corrected chi connectivity index (χ1v) is 9.24. The van der Waals surface area contributed by atoms with Crippen LogP contribution in [0.3, 0.4) is 0 Å². The first-order chi connectivity index (χ1) is 12.6. The number of thiocarbonyl (C=S) groups is 2. The van der Waals surface area contributed by atoms with E-state index in [0.717, 1.165) is 11.5 Å². The Hall–Kier alpha value is -1.25. The van der Waals surface area contributed by atoms with E-state index in [-0.39, 0.29) is 25.3 Å². The molecule has 0 saturated carbocycles. The van der Waals surface area contributed by atoms with Crippen molar-refractivity contribution in [1.82, 2.24) is 0 Å². The molecule has 0 atom stereocenters. The molecule has 0 aliphatic rings. The van der Waals surface area contributed by atoms with Crippen molar-refractivity contribution < 1.29 is 35.4 Å². The molecule has 0 saturated heterocycles. The number of rotatable bonds is 8. The van der Waals surface area contributed by atoms with Crippen molar-refractivity contribution in [2.75, 3.05) is 26.4 Å². The van der Waals surface area contributed by atoms with Crippen molar-refractivity contribution in [3.05, 3.63) is 60.7 Å². The van der Waals surface area contributed by atoms with Gasteiger partial charge in [-0.3, -0.25) is 0 Å². The van der Waals surface area contributed by atoms with E-state index < -0.39 is 0 Å². The van der Waals surface area contributed by atoms with Gasteiger partial charge in [-0.05, 0) is 24.3 Å². The maximum atomic E-state index is 5.33. The van der Waals surface area contributed by atoms with Crippen LogP contribution in [0.4, 0.5) is 0 Å². The summed E-state index contributed by atoms with van der Waals surface area (Å²) in [5.74, 6) is 1.64. The molecule has 148 valence electrons. The van der Waals surface area contributed by atoms with Gasteiger partial charge in [-0.25, -0.2) is 0 Å². The maximum Gasteiger partial charge on any atom is 2.00 e. The second-order valence-electron chi connectivity index (χ2n) is 4.52. The summed E-state index contributed by atoms with van der Waals surface area (Å²) in [6, 6.07) is 19.0. The molecule has 9 heteroatoms. The topological polar surface area (TPSA) is 36.9 Å². The predicted molar refractivity (Wildman–Crippen MR) is 116 cm³/mol. The van der Waals surface area contributed by atoms with Crippen molar-refractivity contribution in [3.63, 3.8) is 0 Å². The van der Waals surface area contributed by atoms with Gasteiger partial charge in [-0.15, -0.1) is 0 Å². The Morgan fingerprint density at radius 2 is 0.963 bits per heavy atom. The van der Waals surface area contributed by atoms with E-state index in [1.807, 2.05) is 60.7 Å². The summed E-state index contributed by atoms with van der Waals surface area (Å²) >= 11 is 18.3. The van der Waals surface area contributed by atoms with Gasteiger partial charge in [-0.2, -0.15) is 0 Å². The number of ether oxygens (including phenoxy) is 4. The molecule has 0 N–H and O–H groups in total. The van der Waals surface area contributed by atoms with Crippen LogP contribution >= 0.6 is 24.4 Å². The molecule has 0 fully saturated rings. The fraction of sp³-hybridized carbons (Fsp3) is 0.222. The van der Waals surface area contributed by atoms with E-state index in [9.17, 15) is 0 Å². The van der Waals surface area contributed by atoms with Crippen molar-refractivity contribution in [1.29, 1.82) is 0 Å². The Bertz CT molecular complexity index is 587. The first kappa shape index (κ1) is 25.8. The zero-order chi connectivity index (χ0) is 19.0. The minimum absolute atomic E-state index is 0. The molecule has 2 rings (SSSR count). The van der Waals surface area contributed by atoms with E-state index in [0.29, 0.717) is 26.4 Å². The molecule has 0 bridgehead atoms. The van der Waals surface area contributed by atoms with E-state index in [1.54, 1.807) is 0 Å². The van der Waals surface area contributed by atoms with Crippen molar-refractivity contribution >= 4 is 58.5 Å². The Labute approximate surface area is 191 Å². The van der Waals surface area contributed by atoms with Gasteiger partial charge in [0.25, 0.3) is 0 Å². The van der Waals surface area contributed by atoms with Crippen molar-refractivity contribution in [2.45, 2.75) is 0 Å². The molecule has 0 aliphatic heterocycles. The summed E-state index contributed by atoms with van der Waals surface area (Å²) in [5.41, 5.74) is 0. The third kappa shape index (κ3) is 15.5. The van der Waals surface area contributed by atoms with Gasteiger partial charge >= 0.3 is 16.5 Å². The van der Waals surface area contributed by atoms with Gasteiger partial charge in [0, 0.05) is 8.77 Å². The molecule has 27 heavy (non-hydrogen) atoms. The number of hydrogen-bond donors (Lipinski definition) is 0. The van der Waals surface area contributed by atoms with Gasteiger partial charge in [0.05, 0.1) is 0 Å². The summed E-state index contributed by atoms with van der Waals surface area (Å²) in [6.07, 6.45) is 0. The molecule has 0 amide bonds. The molecule has 4 nitrogen and oxygen atoms in total. The van der Waals surface area contributed by atoms with Gasteiger partial charge in [0.1, 0.15) is 37.9 Å². The van der Waals surface area contributed by atoms with Crippen molar-refractivity contribution in [3.8, 4) is 11.5 Å². The molecule has 0 radical (unpaired) electrons. The van der Waals surface area contributed by atoms with Crippen LogP contribution in [-0.2, 0) is 51.2 Å². The average molecular weight is 485 g/mol. The van der Waals surface area contributed by atoms with Gasteiger partial charge in [0.2, 0.25) is 0 Å². The fourth-order valence-electron chi connectivity index (χ4n) is 1.60. The fourth-order valence-corrected chi connectivity index (χ4v) is 1.94. The van der Waals surface area contributed by atoms with E-state index in [1.165, 1.54) is 0 Å². The first-order valence-electron chi connectivity index (χ1n) is 7.61. The Balaban J connectivity index is 0.000000483. The zero-order valence-corrected chi connectivity index (χ0v) is 18.4. The monoisotopic (exact) mass is 484 g/mol. The Morgan fingerprint density at radius 3 is 1.26 bits per heavy atom. The van der Waals surface area contributed by atoms with Gasteiger partial charge in [-0.1, -0.05) is 36.4 Å². The van der Waals surface area contributed by atoms with E-state index in [2.05, 4.69) is 49.7 Å². The van der Waals surface area contributed by atoms with Crippen LogP contribution in [0.25, 0.3) is 0 Å². The van der Waals surface area contributed by atoms with Crippen LogP contribution in [0, 0.1) is 0 Å².